The zero-order valence-electron chi connectivity index (χ0n) is 12.9. The van der Waals surface area contributed by atoms with Crippen molar-refractivity contribution >= 4 is 12.0 Å². The Morgan fingerprint density at radius 3 is 2.62 bits per heavy atom. The van der Waals surface area contributed by atoms with E-state index in [0.29, 0.717) is 18.9 Å². The third-order valence-corrected chi connectivity index (χ3v) is 4.32. The number of carboxylic acid groups (broad SMARTS) is 1. The molecule has 0 saturated heterocycles. The van der Waals surface area contributed by atoms with Gasteiger partial charge in [0.2, 0.25) is 0 Å². The van der Waals surface area contributed by atoms with E-state index in [1.54, 1.807) is 0 Å². The first-order valence-electron chi connectivity index (χ1n) is 8.04. The molecule has 1 fully saturated rings. The van der Waals surface area contributed by atoms with Crippen LogP contribution in [0, 0.1) is 5.92 Å². The third kappa shape index (κ3) is 7.32. The molecule has 3 atom stereocenters. The van der Waals surface area contributed by atoms with Gasteiger partial charge in [-0.05, 0) is 31.6 Å². The second kappa shape index (κ2) is 9.60. The largest absolute Gasteiger partial charge is 0.481 e. The molecule has 21 heavy (non-hydrogen) atoms. The number of urea groups is 1. The monoisotopic (exact) mass is 299 g/mol. The van der Waals surface area contributed by atoms with Crippen LogP contribution in [-0.2, 0) is 4.79 Å². The van der Waals surface area contributed by atoms with Gasteiger partial charge >= 0.3 is 12.0 Å². The summed E-state index contributed by atoms with van der Waals surface area (Å²) in [7, 11) is 0. The van der Waals surface area contributed by atoms with Crippen molar-refractivity contribution < 1.29 is 14.7 Å². The van der Waals surface area contributed by atoms with E-state index in [9.17, 15) is 9.59 Å². The fourth-order valence-corrected chi connectivity index (χ4v) is 2.83. The van der Waals surface area contributed by atoms with Crippen LogP contribution in [0.2, 0.25) is 0 Å². The standard InChI is InChI=1S/C15H29N3O3/c1-2-11(7-8-14(19)20)9-10-17-15(21)18-13-6-4-3-5-12(13)16/h11-13H,2-10,16H2,1H3,(H,19,20)(H2,17,18,21). The predicted octanol–water partition coefficient (Wildman–Crippen LogP) is 1.84. The second-order valence-corrected chi connectivity index (χ2v) is 5.95. The molecule has 0 bridgehead atoms. The number of carbonyl (C=O) groups is 2. The first kappa shape index (κ1) is 17.8. The molecule has 1 saturated carbocycles. The molecule has 1 aliphatic rings. The van der Waals surface area contributed by atoms with E-state index in [1.807, 2.05) is 6.92 Å². The van der Waals surface area contributed by atoms with Gasteiger partial charge in [0.15, 0.2) is 0 Å². The summed E-state index contributed by atoms with van der Waals surface area (Å²) in [5, 5.41) is 14.5. The molecule has 6 heteroatoms. The number of amides is 2. The molecule has 0 aromatic carbocycles. The molecule has 0 heterocycles. The summed E-state index contributed by atoms with van der Waals surface area (Å²) in [4.78, 5) is 22.4. The van der Waals surface area contributed by atoms with Gasteiger partial charge in [0.05, 0.1) is 0 Å². The van der Waals surface area contributed by atoms with Gasteiger partial charge in [0.25, 0.3) is 0 Å². The molecule has 0 aromatic heterocycles. The summed E-state index contributed by atoms with van der Waals surface area (Å²) in [6, 6.07) is -0.0263. The van der Waals surface area contributed by atoms with Gasteiger partial charge < -0.3 is 21.5 Å². The molecule has 6 nitrogen and oxygen atoms in total. The molecule has 5 N–H and O–H groups in total. The Kier molecular flexibility index (Phi) is 8.12. The predicted molar refractivity (Wildman–Crippen MR) is 82.0 cm³/mol. The van der Waals surface area contributed by atoms with E-state index in [1.165, 1.54) is 0 Å². The highest BCUT2D eigenvalue weighted by Crippen LogP contribution is 2.17. The van der Waals surface area contributed by atoms with Crippen molar-refractivity contribution in [1.82, 2.24) is 10.6 Å². The SMILES string of the molecule is CCC(CCNC(=O)NC1CCCCC1N)CCC(=O)O. The Bertz CT molecular complexity index is 336. The maximum atomic E-state index is 11.8. The number of hydrogen-bond acceptors (Lipinski definition) is 3. The Morgan fingerprint density at radius 2 is 2.00 bits per heavy atom. The lowest BCUT2D eigenvalue weighted by Crippen LogP contribution is -2.52. The van der Waals surface area contributed by atoms with Gasteiger partial charge in [0, 0.05) is 25.0 Å². The van der Waals surface area contributed by atoms with Crippen molar-refractivity contribution in [2.45, 2.75) is 70.4 Å². The average Bonchev–Trinajstić information content (AvgIpc) is 2.45. The minimum absolute atomic E-state index is 0.0588. The van der Waals surface area contributed by atoms with Crippen LogP contribution >= 0.6 is 0 Å². The van der Waals surface area contributed by atoms with Crippen LogP contribution in [0.5, 0.6) is 0 Å². The molecule has 0 aromatic rings. The van der Waals surface area contributed by atoms with Crippen LogP contribution < -0.4 is 16.4 Å². The van der Waals surface area contributed by atoms with Crippen molar-refractivity contribution in [1.29, 1.82) is 0 Å². The first-order chi connectivity index (χ1) is 10.0. The van der Waals surface area contributed by atoms with Crippen LogP contribution in [-0.4, -0.2) is 35.7 Å². The maximum absolute atomic E-state index is 11.8. The molecule has 122 valence electrons. The van der Waals surface area contributed by atoms with Crippen molar-refractivity contribution in [2.24, 2.45) is 11.7 Å². The smallest absolute Gasteiger partial charge is 0.315 e. The van der Waals surface area contributed by atoms with Crippen LogP contribution in [0.4, 0.5) is 4.79 Å². The lowest BCUT2D eigenvalue weighted by molar-refractivity contribution is -0.137. The van der Waals surface area contributed by atoms with E-state index in [4.69, 9.17) is 10.8 Å². The maximum Gasteiger partial charge on any atom is 0.315 e. The fourth-order valence-electron chi connectivity index (χ4n) is 2.83. The number of hydrogen-bond donors (Lipinski definition) is 4. The fraction of sp³-hybridized carbons (Fsp3) is 0.867. The summed E-state index contributed by atoms with van der Waals surface area (Å²) < 4.78 is 0. The molecule has 2 amide bonds. The summed E-state index contributed by atoms with van der Waals surface area (Å²) >= 11 is 0. The lowest BCUT2D eigenvalue weighted by Gasteiger charge is -2.29. The number of aliphatic carboxylic acids is 1. The van der Waals surface area contributed by atoms with E-state index in [0.717, 1.165) is 38.5 Å². The van der Waals surface area contributed by atoms with Crippen molar-refractivity contribution in [3.8, 4) is 0 Å². The van der Waals surface area contributed by atoms with E-state index in [-0.39, 0.29) is 24.5 Å². The van der Waals surface area contributed by atoms with Gasteiger partial charge in [-0.3, -0.25) is 4.79 Å². The number of rotatable bonds is 8. The van der Waals surface area contributed by atoms with Crippen LogP contribution in [0.1, 0.15) is 58.3 Å². The normalized spacial score (nSPS) is 23.3. The van der Waals surface area contributed by atoms with Crippen molar-refractivity contribution in [2.75, 3.05) is 6.54 Å². The Balaban J connectivity index is 2.18. The van der Waals surface area contributed by atoms with E-state index >= 15 is 0 Å². The Hall–Kier alpha value is -1.30. The highest BCUT2D eigenvalue weighted by atomic mass is 16.4. The van der Waals surface area contributed by atoms with E-state index in [2.05, 4.69) is 10.6 Å². The molecule has 0 radical (unpaired) electrons. The highest BCUT2D eigenvalue weighted by Gasteiger charge is 2.23. The average molecular weight is 299 g/mol. The van der Waals surface area contributed by atoms with Gasteiger partial charge in [-0.2, -0.15) is 0 Å². The Labute approximate surface area is 126 Å². The molecule has 0 spiro atoms. The third-order valence-electron chi connectivity index (χ3n) is 4.32. The molecule has 1 rings (SSSR count). The molecular formula is C15H29N3O3. The quantitative estimate of drug-likeness (QED) is 0.549. The molecule has 3 unspecified atom stereocenters. The van der Waals surface area contributed by atoms with Crippen LogP contribution in [0.3, 0.4) is 0 Å². The summed E-state index contributed by atoms with van der Waals surface area (Å²) in [5.41, 5.74) is 6.00. The van der Waals surface area contributed by atoms with Gasteiger partial charge in [-0.25, -0.2) is 4.79 Å². The second-order valence-electron chi connectivity index (χ2n) is 5.95. The number of nitrogens with one attached hydrogen (secondary N) is 2. The zero-order valence-corrected chi connectivity index (χ0v) is 12.9. The summed E-state index contributed by atoms with van der Waals surface area (Å²) in [5.74, 6) is -0.413. The van der Waals surface area contributed by atoms with E-state index < -0.39 is 5.97 Å². The molecule has 0 aliphatic heterocycles. The Morgan fingerprint density at radius 1 is 1.29 bits per heavy atom. The van der Waals surface area contributed by atoms with Gasteiger partial charge in [-0.1, -0.05) is 26.2 Å². The molecule has 1 aliphatic carbocycles. The first-order valence-corrected chi connectivity index (χ1v) is 8.04. The minimum Gasteiger partial charge on any atom is -0.481 e. The number of nitrogens with two attached hydrogens (primary N) is 1. The zero-order chi connectivity index (χ0) is 15.7. The van der Waals surface area contributed by atoms with Gasteiger partial charge in [0.1, 0.15) is 0 Å². The minimum atomic E-state index is -0.759. The van der Waals surface area contributed by atoms with Crippen LogP contribution in [0.25, 0.3) is 0 Å². The highest BCUT2D eigenvalue weighted by molar-refractivity contribution is 5.74. The van der Waals surface area contributed by atoms with Crippen LogP contribution in [0.15, 0.2) is 0 Å². The number of carbonyl (C=O) groups excluding carboxylic acids is 1. The number of carboxylic acids is 1. The van der Waals surface area contributed by atoms with Gasteiger partial charge in [-0.15, -0.1) is 0 Å². The lowest BCUT2D eigenvalue weighted by atomic mass is 9.91. The topological polar surface area (TPSA) is 104 Å². The molecular weight excluding hydrogens is 270 g/mol. The summed E-state index contributed by atoms with van der Waals surface area (Å²) in [6.45, 7) is 2.62. The van der Waals surface area contributed by atoms with Crippen molar-refractivity contribution in [3.05, 3.63) is 0 Å². The summed E-state index contributed by atoms with van der Waals surface area (Å²) in [6.07, 6.45) is 6.79. The van der Waals surface area contributed by atoms with Crippen molar-refractivity contribution in [3.63, 3.8) is 0 Å².